The molecule has 0 saturated carbocycles. The topological polar surface area (TPSA) is 38.9 Å². The number of benzene rings is 1. The van der Waals surface area contributed by atoms with Gasteiger partial charge in [0, 0.05) is 11.8 Å². The van der Waals surface area contributed by atoms with Crippen molar-refractivity contribution in [3.05, 3.63) is 48.4 Å². The van der Waals surface area contributed by atoms with Gasteiger partial charge in [-0.15, -0.1) is 11.3 Å². The number of rotatable bonds is 2. The molecule has 0 aliphatic carbocycles. The molecular formula is C12H8N2OS. The number of aromatic nitrogens is 2. The number of hydrogen-bond acceptors (Lipinski definition) is 4. The highest BCUT2D eigenvalue weighted by Crippen LogP contribution is 2.27. The zero-order chi connectivity index (χ0) is 10.8. The Hall–Kier alpha value is -1.94. The van der Waals surface area contributed by atoms with E-state index in [1.54, 1.807) is 23.8 Å². The van der Waals surface area contributed by atoms with Crippen molar-refractivity contribution in [2.24, 2.45) is 0 Å². The Morgan fingerprint density at radius 3 is 2.88 bits per heavy atom. The van der Waals surface area contributed by atoms with Crippen LogP contribution in [-0.4, -0.2) is 9.97 Å². The molecule has 3 nitrogen and oxygen atoms in total. The van der Waals surface area contributed by atoms with Crippen LogP contribution in [0.3, 0.4) is 0 Å². The Balaban J connectivity index is 2.07. The molecule has 0 spiro atoms. The molecule has 0 saturated heterocycles. The minimum atomic E-state index is 0.645. The van der Waals surface area contributed by atoms with Crippen LogP contribution in [0, 0.1) is 0 Å². The molecule has 0 radical (unpaired) electrons. The first-order valence-corrected chi connectivity index (χ1v) is 5.70. The van der Waals surface area contributed by atoms with Gasteiger partial charge >= 0.3 is 0 Å². The lowest BCUT2D eigenvalue weighted by atomic mass is 10.1. The summed E-state index contributed by atoms with van der Waals surface area (Å²) in [4.78, 5) is 9.35. The van der Waals surface area contributed by atoms with Gasteiger partial charge in [-0.2, -0.15) is 0 Å². The average Bonchev–Trinajstić information content (AvgIpc) is 3.03. The van der Waals surface area contributed by atoms with E-state index in [9.17, 15) is 0 Å². The summed E-state index contributed by atoms with van der Waals surface area (Å²) in [6.07, 6.45) is 5.09. The van der Waals surface area contributed by atoms with Gasteiger partial charge in [0.15, 0.2) is 0 Å². The van der Waals surface area contributed by atoms with Crippen molar-refractivity contribution in [2.75, 3.05) is 0 Å². The third kappa shape index (κ3) is 1.63. The molecule has 0 aliphatic rings. The lowest BCUT2D eigenvalue weighted by Crippen LogP contribution is -1.78. The molecule has 0 unspecified atom stereocenters. The summed E-state index contributed by atoms with van der Waals surface area (Å²) < 4.78 is 5.27. The number of oxazole rings is 1. The number of nitrogens with zero attached hydrogens (tertiary/aromatic N) is 2. The minimum absolute atomic E-state index is 0.645. The van der Waals surface area contributed by atoms with Crippen LogP contribution in [0.4, 0.5) is 0 Å². The largest absolute Gasteiger partial charge is 0.445 e. The zero-order valence-corrected chi connectivity index (χ0v) is 9.15. The van der Waals surface area contributed by atoms with Crippen molar-refractivity contribution in [1.29, 1.82) is 0 Å². The SMILES string of the molecule is c1cc(-c2ncco2)cc(-c2cncs2)c1. The van der Waals surface area contributed by atoms with E-state index < -0.39 is 0 Å². The second kappa shape index (κ2) is 3.90. The van der Waals surface area contributed by atoms with Crippen LogP contribution in [-0.2, 0) is 0 Å². The Bertz CT molecular complexity index is 523. The molecule has 0 aliphatic heterocycles. The molecule has 0 fully saturated rings. The summed E-state index contributed by atoms with van der Waals surface area (Å²) in [5.74, 6) is 0.645. The van der Waals surface area contributed by atoms with Crippen LogP contribution in [0.5, 0.6) is 0 Å². The molecule has 78 valence electrons. The van der Waals surface area contributed by atoms with Gasteiger partial charge in [0.25, 0.3) is 0 Å². The van der Waals surface area contributed by atoms with E-state index in [0.29, 0.717) is 5.89 Å². The molecule has 0 atom stereocenters. The fraction of sp³-hybridized carbons (Fsp3) is 0. The van der Waals surface area contributed by atoms with Crippen LogP contribution in [0.15, 0.2) is 52.9 Å². The van der Waals surface area contributed by atoms with Crippen LogP contribution < -0.4 is 0 Å². The smallest absolute Gasteiger partial charge is 0.225 e. The third-order valence-corrected chi connectivity index (χ3v) is 3.08. The molecule has 3 aromatic rings. The van der Waals surface area contributed by atoms with E-state index >= 15 is 0 Å². The van der Waals surface area contributed by atoms with Gasteiger partial charge in [-0.05, 0) is 17.7 Å². The van der Waals surface area contributed by atoms with Crippen molar-refractivity contribution < 1.29 is 4.42 Å². The first-order valence-electron chi connectivity index (χ1n) is 4.82. The Kier molecular flexibility index (Phi) is 2.27. The van der Waals surface area contributed by atoms with Crippen molar-refractivity contribution in [2.45, 2.75) is 0 Å². The first-order chi connectivity index (χ1) is 7.93. The van der Waals surface area contributed by atoms with Crippen molar-refractivity contribution in [1.82, 2.24) is 9.97 Å². The molecular weight excluding hydrogens is 220 g/mol. The lowest BCUT2D eigenvalue weighted by Gasteiger charge is -1.99. The summed E-state index contributed by atoms with van der Waals surface area (Å²) in [7, 11) is 0. The van der Waals surface area contributed by atoms with Crippen molar-refractivity contribution >= 4 is 11.3 Å². The fourth-order valence-corrected chi connectivity index (χ4v) is 2.15. The van der Waals surface area contributed by atoms with Crippen molar-refractivity contribution in [3.63, 3.8) is 0 Å². The predicted molar refractivity (Wildman–Crippen MR) is 63.0 cm³/mol. The Labute approximate surface area is 96.4 Å². The Morgan fingerprint density at radius 2 is 2.12 bits per heavy atom. The quantitative estimate of drug-likeness (QED) is 0.674. The molecule has 16 heavy (non-hydrogen) atoms. The lowest BCUT2D eigenvalue weighted by molar-refractivity contribution is 0.574. The van der Waals surface area contributed by atoms with Crippen LogP contribution >= 0.6 is 11.3 Å². The number of hydrogen-bond donors (Lipinski definition) is 0. The first kappa shape index (κ1) is 9.30. The molecule has 4 heteroatoms. The maximum atomic E-state index is 5.27. The minimum Gasteiger partial charge on any atom is -0.445 e. The normalized spacial score (nSPS) is 10.5. The molecule has 2 aromatic heterocycles. The fourth-order valence-electron chi connectivity index (χ4n) is 1.53. The highest BCUT2D eigenvalue weighted by molar-refractivity contribution is 7.13. The van der Waals surface area contributed by atoms with Crippen molar-refractivity contribution in [3.8, 4) is 21.9 Å². The zero-order valence-electron chi connectivity index (χ0n) is 8.33. The summed E-state index contributed by atoms with van der Waals surface area (Å²) in [6.45, 7) is 0. The molecule has 1 aromatic carbocycles. The van der Waals surface area contributed by atoms with Gasteiger partial charge in [-0.3, -0.25) is 4.98 Å². The molecule has 0 amide bonds. The average molecular weight is 228 g/mol. The summed E-state index contributed by atoms with van der Waals surface area (Å²) in [6, 6.07) is 8.09. The van der Waals surface area contributed by atoms with Gasteiger partial charge in [0.05, 0.1) is 16.6 Å². The van der Waals surface area contributed by atoms with Gasteiger partial charge in [0.2, 0.25) is 5.89 Å². The van der Waals surface area contributed by atoms with E-state index in [-0.39, 0.29) is 0 Å². The molecule has 2 heterocycles. The van der Waals surface area contributed by atoms with Crippen LogP contribution in [0.1, 0.15) is 0 Å². The molecule has 0 N–H and O–H groups in total. The summed E-state index contributed by atoms with van der Waals surface area (Å²) >= 11 is 1.62. The second-order valence-corrected chi connectivity index (χ2v) is 4.17. The molecule has 3 rings (SSSR count). The van der Waals surface area contributed by atoms with E-state index in [0.717, 1.165) is 16.0 Å². The van der Waals surface area contributed by atoms with Gasteiger partial charge in [-0.1, -0.05) is 12.1 Å². The van der Waals surface area contributed by atoms with E-state index in [2.05, 4.69) is 22.1 Å². The van der Waals surface area contributed by atoms with Crippen LogP contribution in [0.2, 0.25) is 0 Å². The highest BCUT2D eigenvalue weighted by Gasteiger charge is 2.05. The third-order valence-electron chi connectivity index (χ3n) is 2.26. The maximum Gasteiger partial charge on any atom is 0.225 e. The van der Waals surface area contributed by atoms with E-state index in [1.807, 2.05) is 23.8 Å². The van der Waals surface area contributed by atoms with Gasteiger partial charge in [0.1, 0.15) is 6.26 Å². The maximum absolute atomic E-state index is 5.27. The molecule has 0 bridgehead atoms. The number of thiazole rings is 1. The predicted octanol–water partition coefficient (Wildman–Crippen LogP) is 3.47. The van der Waals surface area contributed by atoms with E-state index in [4.69, 9.17) is 4.42 Å². The summed E-state index contributed by atoms with van der Waals surface area (Å²) in [5.41, 5.74) is 3.95. The standard InChI is InChI=1S/C12H8N2OS/c1-2-9(11-7-13-8-16-11)6-10(3-1)12-14-4-5-15-12/h1-8H. The Morgan fingerprint density at radius 1 is 1.19 bits per heavy atom. The van der Waals surface area contributed by atoms with Gasteiger partial charge < -0.3 is 4.42 Å². The van der Waals surface area contributed by atoms with Crippen LogP contribution in [0.25, 0.3) is 21.9 Å². The van der Waals surface area contributed by atoms with Gasteiger partial charge in [-0.25, -0.2) is 4.98 Å². The monoisotopic (exact) mass is 228 g/mol. The summed E-state index contributed by atoms with van der Waals surface area (Å²) in [5, 5.41) is 0. The van der Waals surface area contributed by atoms with E-state index in [1.165, 1.54) is 0 Å². The highest BCUT2D eigenvalue weighted by atomic mass is 32.1. The second-order valence-electron chi connectivity index (χ2n) is 3.28.